The highest BCUT2D eigenvalue weighted by Gasteiger charge is 2.22. The van der Waals surface area contributed by atoms with Crippen LogP contribution < -0.4 is 10.5 Å². The molecular weight excluding hydrogens is 254 g/mol. The Bertz CT molecular complexity index is 676. The summed E-state index contributed by atoms with van der Waals surface area (Å²) in [4.78, 5) is -0.244. The highest BCUT2D eigenvalue weighted by atomic mass is 32.2. The molecule has 0 amide bonds. The van der Waals surface area contributed by atoms with Gasteiger partial charge in [-0.25, -0.2) is 13.6 Å². The van der Waals surface area contributed by atoms with Gasteiger partial charge in [0.15, 0.2) is 0 Å². The summed E-state index contributed by atoms with van der Waals surface area (Å²) in [7, 11) is -7.59. The largest absolute Gasteiger partial charge is 0.345 e. The first-order valence-electron chi connectivity index (χ1n) is 4.03. The van der Waals surface area contributed by atoms with E-state index in [2.05, 4.69) is 9.71 Å². The Labute approximate surface area is 92.1 Å². The van der Waals surface area contributed by atoms with Gasteiger partial charge in [0.1, 0.15) is 11.2 Å². The summed E-state index contributed by atoms with van der Waals surface area (Å²) in [6.45, 7) is 0. The Hall–Kier alpha value is -1.45. The van der Waals surface area contributed by atoms with Crippen LogP contribution in [-0.2, 0) is 20.0 Å². The summed E-state index contributed by atoms with van der Waals surface area (Å²) in [6, 6.07) is 3.41. The number of rotatable bonds is 1. The van der Waals surface area contributed by atoms with Gasteiger partial charge in [0.2, 0.25) is 10.0 Å². The standard InChI is InChI=1S/C7H7N3O4S2/c8-15(11,12)5-1-2-7-6(3-5)9-4-10-16(7,13)14/h1-4H,(H,9,10)(H2,8,11,12). The first-order chi connectivity index (χ1) is 7.31. The zero-order valence-corrected chi connectivity index (χ0v) is 9.42. The summed E-state index contributed by atoms with van der Waals surface area (Å²) in [5, 5.41) is 7.46. The van der Waals surface area contributed by atoms with E-state index in [1.807, 2.05) is 0 Å². The van der Waals surface area contributed by atoms with E-state index in [-0.39, 0.29) is 15.5 Å². The molecule has 0 saturated heterocycles. The van der Waals surface area contributed by atoms with Crippen LogP contribution in [0.3, 0.4) is 0 Å². The van der Waals surface area contributed by atoms with Gasteiger partial charge in [-0.1, -0.05) is 0 Å². The first kappa shape index (κ1) is 11.0. The molecule has 16 heavy (non-hydrogen) atoms. The fraction of sp³-hybridized carbons (Fsp3) is 0. The van der Waals surface area contributed by atoms with E-state index in [9.17, 15) is 16.8 Å². The van der Waals surface area contributed by atoms with Crippen molar-refractivity contribution in [1.82, 2.24) is 0 Å². The second kappa shape index (κ2) is 3.27. The minimum Gasteiger partial charge on any atom is -0.345 e. The van der Waals surface area contributed by atoms with E-state index >= 15 is 0 Å². The topological polar surface area (TPSA) is 119 Å². The third-order valence-electron chi connectivity index (χ3n) is 1.97. The van der Waals surface area contributed by atoms with Gasteiger partial charge >= 0.3 is 0 Å². The van der Waals surface area contributed by atoms with Crippen LogP contribution in [0.15, 0.2) is 32.4 Å². The summed E-state index contributed by atoms with van der Waals surface area (Å²) < 4.78 is 48.2. The quantitative estimate of drug-likeness (QED) is 0.704. The van der Waals surface area contributed by atoms with Crippen molar-refractivity contribution < 1.29 is 16.8 Å². The molecule has 3 N–H and O–H groups in total. The molecule has 1 aliphatic heterocycles. The molecule has 0 aliphatic carbocycles. The van der Waals surface area contributed by atoms with E-state index in [1.54, 1.807) is 0 Å². The molecule has 0 radical (unpaired) electrons. The molecule has 1 aromatic carbocycles. The van der Waals surface area contributed by atoms with Gasteiger partial charge in [0, 0.05) is 0 Å². The van der Waals surface area contributed by atoms with Gasteiger partial charge in [-0.2, -0.15) is 8.42 Å². The summed E-state index contributed by atoms with van der Waals surface area (Å²) >= 11 is 0. The predicted molar refractivity (Wildman–Crippen MR) is 57.1 cm³/mol. The maximum atomic E-state index is 11.4. The van der Waals surface area contributed by atoms with Crippen LogP contribution in [0.4, 0.5) is 5.69 Å². The van der Waals surface area contributed by atoms with Crippen LogP contribution in [0.25, 0.3) is 0 Å². The lowest BCUT2D eigenvalue weighted by atomic mass is 10.3. The Morgan fingerprint density at radius 3 is 2.62 bits per heavy atom. The maximum absolute atomic E-state index is 11.4. The number of primary sulfonamides is 1. The van der Waals surface area contributed by atoms with E-state index in [0.717, 1.165) is 24.5 Å². The molecule has 1 aliphatic rings. The smallest absolute Gasteiger partial charge is 0.285 e. The van der Waals surface area contributed by atoms with Crippen molar-refractivity contribution in [3.8, 4) is 0 Å². The number of nitrogens with zero attached hydrogens (tertiary/aromatic N) is 1. The number of hydrogen-bond acceptors (Lipinski definition) is 5. The lowest BCUT2D eigenvalue weighted by molar-refractivity contribution is 0.594. The number of nitrogens with one attached hydrogen (secondary N) is 1. The zero-order chi connectivity index (χ0) is 12.0. The van der Waals surface area contributed by atoms with E-state index in [1.165, 1.54) is 0 Å². The normalized spacial score (nSPS) is 17.6. The van der Waals surface area contributed by atoms with Crippen molar-refractivity contribution in [1.29, 1.82) is 0 Å². The average molecular weight is 261 g/mol. The highest BCUT2D eigenvalue weighted by Crippen LogP contribution is 2.27. The van der Waals surface area contributed by atoms with Crippen LogP contribution in [-0.4, -0.2) is 23.2 Å². The second-order valence-corrected chi connectivity index (χ2v) is 6.22. The van der Waals surface area contributed by atoms with Gasteiger partial charge in [-0.05, 0) is 18.2 Å². The number of sulfonamides is 2. The molecule has 9 heteroatoms. The fourth-order valence-corrected chi connectivity index (χ4v) is 2.73. The minimum atomic E-state index is -3.85. The highest BCUT2D eigenvalue weighted by molar-refractivity contribution is 7.90. The third-order valence-corrected chi connectivity index (χ3v) is 4.17. The van der Waals surface area contributed by atoms with Crippen LogP contribution in [0.1, 0.15) is 0 Å². The SMILES string of the molecule is NS(=O)(=O)c1ccc2c(c1)NC=NS2(=O)=O. The second-order valence-electron chi connectivity index (χ2n) is 3.06. The van der Waals surface area contributed by atoms with Crippen molar-refractivity contribution in [3.05, 3.63) is 18.2 Å². The summed E-state index contributed by atoms with van der Waals surface area (Å²) in [6.07, 6.45) is 0.977. The van der Waals surface area contributed by atoms with Crippen LogP contribution >= 0.6 is 0 Å². The maximum Gasteiger partial charge on any atom is 0.285 e. The molecule has 0 bridgehead atoms. The Balaban J connectivity index is 2.69. The minimum absolute atomic E-state index is 0.0811. The molecule has 1 aromatic rings. The molecule has 0 saturated carbocycles. The van der Waals surface area contributed by atoms with Gasteiger partial charge in [-0.3, -0.25) is 0 Å². The Kier molecular flexibility index (Phi) is 2.26. The fourth-order valence-electron chi connectivity index (χ4n) is 1.25. The molecule has 86 valence electrons. The van der Waals surface area contributed by atoms with Crippen molar-refractivity contribution in [2.75, 3.05) is 5.32 Å². The van der Waals surface area contributed by atoms with Crippen molar-refractivity contribution in [2.45, 2.75) is 9.79 Å². The summed E-state index contributed by atoms with van der Waals surface area (Å²) in [5.41, 5.74) is 0.140. The third kappa shape index (κ3) is 1.79. The van der Waals surface area contributed by atoms with E-state index in [0.29, 0.717) is 0 Å². The lowest BCUT2D eigenvalue weighted by Crippen LogP contribution is -2.15. The van der Waals surface area contributed by atoms with Crippen LogP contribution in [0.5, 0.6) is 0 Å². The molecule has 0 atom stereocenters. The molecule has 1 heterocycles. The van der Waals surface area contributed by atoms with E-state index < -0.39 is 20.0 Å². The first-order valence-corrected chi connectivity index (χ1v) is 7.01. The van der Waals surface area contributed by atoms with Crippen molar-refractivity contribution in [3.63, 3.8) is 0 Å². The Morgan fingerprint density at radius 2 is 2.00 bits per heavy atom. The summed E-state index contributed by atoms with van der Waals surface area (Å²) in [5.74, 6) is 0. The number of hydrogen-bond donors (Lipinski definition) is 2. The zero-order valence-electron chi connectivity index (χ0n) is 7.78. The average Bonchev–Trinajstić information content (AvgIpc) is 2.15. The molecule has 7 nitrogen and oxygen atoms in total. The molecule has 2 rings (SSSR count). The molecule has 0 spiro atoms. The van der Waals surface area contributed by atoms with E-state index in [4.69, 9.17) is 5.14 Å². The number of anilines is 1. The van der Waals surface area contributed by atoms with Crippen molar-refractivity contribution >= 4 is 32.1 Å². The molecular formula is C7H7N3O4S2. The van der Waals surface area contributed by atoms with Crippen LogP contribution in [0, 0.1) is 0 Å². The van der Waals surface area contributed by atoms with Gasteiger partial charge < -0.3 is 5.32 Å². The number of fused-ring (bicyclic) bond motifs is 1. The molecule has 0 aromatic heterocycles. The molecule has 0 unspecified atom stereocenters. The lowest BCUT2D eigenvalue weighted by Gasteiger charge is -2.12. The van der Waals surface area contributed by atoms with Crippen LogP contribution in [0.2, 0.25) is 0 Å². The van der Waals surface area contributed by atoms with Gasteiger partial charge in [0.25, 0.3) is 10.0 Å². The number of benzene rings is 1. The predicted octanol–water partition coefficient (Wildman–Crippen LogP) is -0.523. The Morgan fingerprint density at radius 1 is 1.31 bits per heavy atom. The van der Waals surface area contributed by atoms with Gasteiger partial charge in [0.05, 0.1) is 10.6 Å². The molecule has 0 fully saturated rings. The number of nitrogens with two attached hydrogens (primary N) is 1. The monoisotopic (exact) mass is 261 g/mol. The van der Waals surface area contributed by atoms with Crippen molar-refractivity contribution in [2.24, 2.45) is 9.54 Å². The van der Waals surface area contributed by atoms with Gasteiger partial charge in [-0.15, -0.1) is 4.40 Å².